The molecule has 1 atom stereocenters. The molecule has 0 saturated heterocycles. The quantitative estimate of drug-likeness (QED) is 0.662. The Kier molecular flexibility index (Phi) is 5.53. The molecule has 1 aliphatic heterocycles. The van der Waals surface area contributed by atoms with Crippen LogP contribution in [0.3, 0.4) is 0 Å². The fourth-order valence-electron chi connectivity index (χ4n) is 3.30. The van der Waals surface area contributed by atoms with Crippen LogP contribution >= 0.6 is 27.5 Å². The maximum atomic E-state index is 12.7. The molecule has 1 aliphatic rings. The number of nitrogens with one attached hydrogen (secondary N) is 1. The van der Waals surface area contributed by atoms with Gasteiger partial charge in [-0.25, -0.2) is 4.98 Å². The minimum atomic E-state index is -0.767. The van der Waals surface area contributed by atoms with Crippen molar-refractivity contribution in [3.63, 3.8) is 0 Å². The van der Waals surface area contributed by atoms with E-state index in [1.165, 1.54) is 25.4 Å². The van der Waals surface area contributed by atoms with Crippen LogP contribution in [-0.2, 0) is 4.79 Å². The number of nitriles is 1. The first-order valence-electron chi connectivity index (χ1n) is 8.31. The van der Waals surface area contributed by atoms with Gasteiger partial charge in [0.05, 0.1) is 11.6 Å². The smallest absolute Gasteiger partial charge is 0.306 e. The average molecular weight is 475 g/mol. The number of halogens is 2. The molecular formula is C19H15BrClN6O2+. The van der Waals surface area contributed by atoms with E-state index in [0.29, 0.717) is 15.9 Å². The highest BCUT2D eigenvalue weighted by molar-refractivity contribution is 9.18. The van der Waals surface area contributed by atoms with Crippen molar-refractivity contribution in [1.82, 2.24) is 14.9 Å². The minimum absolute atomic E-state index is 0.0374. The average Bonchev–Trinajstić information content (AvgIpc) is 3.04. The Bertz CT molecular complexity index is 1150. The molecule has 1 aromatic carbocycles. The van der Waals surface area contributed by atoms with Crippen molar-refractivity contribution in [2.75, 3.05) is 7.05 Å². The van der Waals surface area contributed by atoms with Crippen molar-refractivity contribution in [3.8, 4) is 6.07 Å². The zero-order valence-electron chi connectivity index (χ0n) is 15.4. The summed E-state index contributed by atoms with van der Waals surface area (Å²) in [5, 5.41) is 16.7. The number of hydrogen-bond acceptors (Lipinski definition) is 5. The summed E-state index contributed by atoms with van der Waals surface area (Å²) in [5.74, 6) is -1.05. The Hall–Kier alpha value is -3.06. The fourth-order valence-corrected chi connectivity index (χ4v) is 4.00. The van der Waals surface area contributed by atoms with Crippen LogP contribution in [0.5, 0.6) is 0 Å². The van der Waals surface area contributed by atoms with E-state index in [-0.39, 0.29) is 27.7 Å². The van der Waals surface area contributed by atoms with Crippen LogP contribution in [0.4, 0.5) is 11.5 Å². The number of aryl methyl sites for hydroxylation is 1. The van der Waals surface area contributed by atoms with Gasteiger partial charge in [-0.3, -0.25) is 9.59 Å². The summed E-state index contributed by atoms with van der Waals surface area (Å²) in [5.41, 5.74) is 6.98. The molecule has 0 saturated carbocycles. The number of pyridine rings is 1. The third-order valence-corrected chi connectivity index (χ3v) is 5.06. The SMILES string of the molecule is CNC(=O)c1cc(C#N)cc(C)c1[N+]1(c2ncccc2Cl)N=C(Br)C=C1C(N)=O. The van der Waals surface area contributed by atoms with E-state index in [1.54, 1.807) is 25.1 Å². The van der Waals surface area contributed by atoms with Crippen molar-refractivity contribution in [2.24, 2.45) is 10.8 Å². The summed E-state index contributed by atoms with van der Waals surface area (Å²) in [6.07, 6.45) is 2.96. The van der Waals surface area contributed by atoms with Gasteiger partial charge in [-0.15, -0.1) is 0 Å². The zero-order valence-corrected chi connectivity index (χ0v) is 17.7. The highest BCUT2D eigenvalue weighted by Crippen LogP contribution is 2.48. The Morgan fingerprint density at radius 2 is 2.10 bits per heavy atom. The minimum Gasteiger partial charge on any atom is -0.361 e. The molecule has 1 aromatic heterocycles. The van der Waals surface area contributed by atoms with Crippen molar-refractivity contribution in [1.29, 1.82) is 5.26 Å². The van der Waals surface area contributed by atoms with E-state index in [4.69, 9.17) is 17.3 Å². The second-order valence-electron chi connectivity index (χ2n) is 6.14. The summed E-state index contributed by atoms with van der Waals surface area (Å²) >= 11 is 9.74. The number of benzene rings is 1. The lowest BCUT2D eigenvalue weighted by molar-refractivity contribution is -0.115. The number of aromatic nitrogens is 1. The van der Waals surface area contributed by atoms with E-state index in [9.17, 15) is 14.9 Å². The Morgan fingerprint density at radius 1 is 1.38 bits per heavy atom. The molecule has 2 aromatic rings. The van der Waals surface area contributed by atoms with Crippen LogP contribution in [0.1, 0.15) is 21.5 Å². The van der Waals surface area contributed by atoms with Gasteiger partial charge < -0.3 is 11.1 Å². The normalized spacial score (nSPS) is 17.9. The Morgan fingerprint density at radius 3 is 2.69 bits per heavy atom. The molecule has 0 aliphatic carbocycles. The van der Waals surface area contributed by atoms with Crippen molar-refractivity contribution in [2.45, 2.75) is 6.92 Å². The first-order valence-corrected chi connectivity index (χ1v) is 9.48. The summed E-state index contributed by atoms with van der Waals surface area (Å²) in [6, 6.07) is 8.29. The van der Waals surface area contributed by atoms with Gasteiger partial charge in [0, 0.05) is 24.9 Å². The molecule has 8 nitrogen and oxygen atoms in total. The van der Waals surface area contributed by atoms with E-state index in [0.717, 1.165) is 0 Å². The standard InChI is InChI=1S/C19H14BrClN6O2/c1-10-6-11(9-22)7-12(19(29)24-2)16(10)27(18-13(21)4-3-5-25-18)14(17(23)28)8-15(20)26-27/h3-8H,1-2H3,(H2-,23,24,28,29)/p+1. The number of nitrogens with two attached hydrogens (primary N) is 1. The molecule has 3 rings (SSSR count). The number of quaternary nitrogens is 1. The predicted octanol–water partition coefficient (Wildman–Crippen LogP) is 3.00. The van der Waals surface area contributed by atoms with E-state index >= 15 is 0 Å². The van der Waals surface area contributed by atoms with Crippen molar-refractivity contribution >= 4 is 55.5 Å². The van der Waals surface area contributed by atoms with Gasteiger partial charge in [-0.05, 0) is 47.1 Å². The molecule has 0 bridgehead atoms. The number of hydrogen-bond donors (Lipinski definition) is 2. The second-order valence-corrected chi connectivity index (χ2v) is 7.36. The zero-order chi connectivity index (χ0) is 21.3. The third-order valence-electron chi connectivity index (χ3n) is 4.37. The van der Waals surface area contributed by atoms with Crippen LogP contribution in [0.15, 0.2) is 47.3 Å². The number of rotatable bonds is 4. The maximum Gasteiger partial charge on any atom is 0.306 e. The van der Waals surface area contributed by atoms with Gasteiger partial charge in [0.2, 0.25) is 5.70 Å². The molecule has 29 heavy (non-hydrogen) atoms. The number of amides is 2. The fraction of sp³-hybridized carbons (Fsp3) is 0.105. The van der Waals surface area contributed by atoms with Gasteiger partial charge in [0.1, 0.15) is 10.6 Å². The summed E-state index contributed by atoms with van der Waals surface area (Å²) < 4.78 is -0.324. The summed E-state index contributed by atoms with van der Waals surface area (Å²) in [6.45, 7) is 1.71. The Balaban J connectivity index is 2.54. The Labute approximate surface area is 180 Å². The largest absolute Gasteiger partial charge is 0.361 e. The van der Waals surface area contributed by atoms with Gasteiger partial charge in [-0.2, -0.15) is 5.26 Å². The lowest BCUT2D eigenvalue weighted by Gasteiger charge is -2.30. The third kappa shape index (κ3) is 3.31. The van der Waals surface area contributed by atoms with Crippen LogP contribution in [0.25, 0.3) is 0 Å². The molecular weight excluding hydrogens is 460 g/mol. The topological polar surface area (TPSA) is 121 Å². The van der Waals surface area contributed by atoms with Crippen LogP contribution in [0, 0.1) is 18.3 Å². The molecule has 3 N–H and O–H groups in total. The van der Waals surface area contributed by atoms with Crippen LogP contribution in [0.2, 0.25) is 5.02 Å². The predicted molar refractivity (Wildman–Crippen MR) is 114 cm³/mol. The van der Waals surface area contributed by atoms with Crippen LogP contribution in [-0.4, -0.2) is 28.5 Å². The lowest BCUT2D eigenvalue weighted by atomic mass is 10.0. The number of carbonyl (C=O) groups excluding carboxylic acids is 2. The van der Waals surface area contributed by atoms with E-state index < -0.39 is 16.4 Å². The van der Waals surface area contributed by atoms with Crippen molar-refractivity contribution < 1.29 is 9.59 Å². The van der Waals surface area contributed by atoms with Gasteiger partial charge in [0.15, 0.2) is 10.3 Å². The number of carbonyl (C=O) groups is 2. The number of primary amides is 1. The number of nitrogens with zero attached hydrogens (tertiary/aromatic N) is 4. The van der Waals surface area contributed by atoms with Gasteiger partial charge in [-0.1, -0.05) is 21.3 Å². The van der Waals surface area contributed by atoms with Crippen molar-refractivity contribution in [3.05, 3.63) is 63.9 Å². The summed E-state index contributed by atoms with van der Waals surface area (Å²) in [4.78, 5) is 29.5. The molecule has 0 spiro atoms. The van der Waals surface area contributed by atoms with E-state index in [1.807, 2.05) is 6.07 Å². The highest BCUT2D eigenvalue weighted by atomic mass is 79.9. The molecule has 0 radical (unpaired) electrons. The molecule has 2 heterocycles. The summed E-state index contributed by atoms with van der Waals surface area (Å²) in [7, 11) is 1.46. The molecule has 1 unspecified atom stereocenters. The van der Waals surface area contributed by atoms with E-state index in [2.05, 4.69) is 31.3 Å². The first-order chi connectivity index (χ1) is 13.8. The first kappa shape index (κ1) is 20.7. The monoisotopic (exact) mass is 473 g/mol. The highest BCUT2D eigenvalue weighted by Gasteiger charge is 2.52. The molecule has 146 valence electrons. The number of allylic oxidation sites excluding steroid dienone is 1. The molecule has 2 amide bonds. The lowest BCUT2D eigenvalue weighted by Crippen LogP contribution is -2.44. The molecule has 10 heteroatoms. The molecule has 0 fully saturated rings. The maximum absolute atomic E-state index is 12.7. The van der Waals surface area contributed by atoms with Gasteiger partial charge in [0.25, 0.3) is 11.7 Å². The second kappa shape index (κ2) is 7.75. The van der Waals surface area contributed by atoms with Gasteiger partial charge >= 0.3 is 5.91 Å². The van der Waals surface area contributed by atoms with Crippen LogP contribution < -0.4 is 15.6 Å².